The first-order chi connectivity index (χ1) is 15.2. The molecule has 2 aliphatic rings. The first-order valence-corrected chi connectivity index (χ1v) is 12.7. The van der Waals surface area contributed by atoms with Crippen LogP contribution < -0.4 is 4.72 Å². The van der Waals surface area contributed by atoms with E-state index in [-0.39, 0.29) is 22.2 Å². The van der Waals surface area contributed by atoms with Gasteiger partial charge in [-0.15, -0.1) is 11.3 Å². The smallest absolute Gasteiger partial charge is 0.340 e. The molecule has 0 bridgehead atoms. The fraction of sp³-hybridized carbons (Fsp3) is 0.455. The van der Waals surface area contributed by atoms with E-state index in [0.29, 0.717) is 42.1 Å². The number of hydrogen-bond acceptors (Lipinski definition) is 7. The van der Waals surface area contributed by atoms with E-state index in [2.05, 4.69) is 4.72 Å². The predicted octanol–water partition coefficient (Wildman–Crippen LogP) is 3.02. The number of hydrogen-bond donors (Lipinski definition) is 1. The first kappa shape index (κ1) is 22.8. The van der Waals surface area contributed by atoms with Gasteiger partial charge >= 0.3 is 5.97 Å². The normalized spacial score (nSPS) is 18.3. The summed E-state index contributed by atoms with van der Waals surface area (Å²) < 4.78 is 39.5. The van der Waals surface area contributed by atoms with Crippen LogP contribution in [0.15, 0.2) is 22.4 Å². The highest BCUT2D eigenvalue weighted by Gasteiger charge is 2.37. The summed E-state index contributed by atoms with van der Waals surface area (Å²) >= 11 is 1.02. The molecule has 8 nitrogen and oxygen atoms in total. The molecule has 1 aromatic heterocycles. The molecule has 1 aromatic carbocycles. The second-order valence-electron chi connectivity index (χ2n) is 8.15. The van der Waals surface area contributed by atoms with E-state index in [1.807, 2.05) is 19.9 Å². The van der Waals surface area contributed by atoms with Crippen molar-refractivity contribution in [3.63, 3.8) is 0 Å². The Morgan fingerprint density at radius 2 is 1.94 bits per heavy atom. The standard InChI is InChI=1S/C22H26N2O6S2/c1-13-9-14(2)11-15(10-13)23-32(27,28)22-19(21(26)29-3)16-6-7-24(12-18(16)31-22)20(25)17-5-4-8-30-17/h9-11,17,23H,4-8,12H2,1-3H3/t17-/m0/s1. The van der Waals surface area contributed by atoms with Gasteiger partial charge in [0, 0.05) is 23.7 Å². The number of benzene rings is 1. The van der Waals surface area contributed by atoms with Crippen LogP contribution in [0.3, 0.4) is 0 Å². The second kappa shape index (κ2) is 8.84. The van der Waals surface area contributed by atoms with Gasteiger partial charge in [-0.05, 0) is 61.9 Å². The van der Waals surface area contributed by atoms with Crippen LogP contribution in [0.2, 0.25) is 0 Å². The Morgan fingerprint density at radius 1 is 1.22 bits per heavy atom. The van der Waals surface area contributed by atoms with Crippen LogP contribution >= 0.6 is 11.3 Å². The Balaban J connectivity index is 1.68. The van der Waals surface area contributed by atoms with E-state index in [0.717, 1.165) is 28.9 Å². The van der Waals surface area contributed by atoms with Crippen molar-refractivity contribution in [3.8, 4) is 0 Å². The minimum Gasteiger partial charge on any atom is -0.465 e. The van der Waals surface area contributed by atoms with Gasteiger partial charge < -0.3 is 14.4 Å². The average Bonchev–Trinajstić information content (AvgIpc) is 3.39. The van der Waals surface area contributed by atoms with Crippen LogP contribution in [-0.4, -0.2) is 51.6 Å². The fourth-order valence-corrected chi connectivity index (χ4v) is 7.22. The Bertz CT molecular complexity index is 1150. The van der Waals surface area contributed by atoms with E-state index >= 15 is 0 Å². The van der Waals surface area contributed by atoms with Gasteiger partial charge in [0.05, 0.1) is 19.2 Å². The minimum atomic E-state index is -4.04. The fourth-order valence-electron chi connectivity index (χ4n) is 4.28. The SMILES string of the molecule is COC(=O)c1c(S(=O)(=O)Nc2cc(C)cc(C)c2)sc2c1CCN(C(=O)[C@@H]1CCCO1)C2. The molecule has 2 aromatic rings. The van der Waals surface area contributed by atoms with Gasteiger partial charge in [0.25, 0.3) is 15.9 Å². The maximum Gasteiger partial charge on any atom is 0.340 e. The lowest BCUT2D eigenvalue weighted by Gasteiger charge is -2.29. The lowest BCUT2D eigenvalue weighted by atomic mass is 10.0. The minimum absolute atomic E-state index is 0.0635. The molecule has 1 amide bonds. The zero-order valence-electron chi connectivity index (χ0n) is 18.3. The number of thiophene rings is 1. The van der Waals surface area contributed by atoms with E-state index in [4.69, 9.17) is 9.47 Å². The average molecular weight is 479 g/mol. The van der Waals surface area contributed by atoms with Gasteiger partial charge in [0.2, 0.25) is 0 Å². The quantitative estimate of drug-likeness (QED) is 0.663. The third-order valence-corrected chi connectivity index (χ3v) is 8.77. The van der Waals surface area contributed by atoms with Gasteiger partial charge in [-0.25, -0.2) is 13.2 Å². The Morgan fingerprint density at radius 3 is 2.56 bits per heavy atom. The molecule has 1 fully saturated rings. The van der Waals surface area contributed by atoms with Crippen LogP contribution in [0.1, 0.15) is 44.8 Å². The molecule has 32 heavy (non-hydrogen) atoms. The lowest BCUT2D eigenvalue weighted by Crippen LogP contribution is -2.41. The van der Waals surface area contributed by atoms with Crippen LogP contribution in [0.25, 0.3) is 0 Å². The zero-order valence-corrected chi connectivity index (χ0v) is 19.9. The van der Waals surface area contributed by atoms with Gasteiger partial charge in [-0.2, -0.15) is 0 Å². The lowest BCUT2D eigenvalue weighted by molar-refractivity contribution is -0.141. The third-order valence-electron chi connectivity index (χ3n) is 5.65. The molecular weight excluding hydrogens is 452 g/mol. The van der Waals surface area contributed by atoms with Crippen molar-refractivity contribution in [3.05, 3.63) is 45.3 Å². The Hall–Kier alpha value is -2.43. The largest absolute Gasteiger partial charge is 0.465 e. The summed E-state index contributed by atoms with van der Waals surface area (Å²) in [7, 11) is -2.81. The van der Waals surface area contributed by atoms with Crippen molar-refractivity contribution in [1.29, 1.82) is 0 Å². The third kappa shape index (κ3) is 4.39. The number of aryl methyl sites for hydroxylation is 2. The number of carbonyl (C=O) groups excluding carboxylic acids is 2. The Kier molecular flexibility index (Phi) is 6.28. The highest BCUT2D eigenvalue weighted by atomic mass is 32.2. The molecule has 0 aliphatic carbocycles. The molecule has 3 heterocycles. The molecular formula is C22H26N2O6S2. The van der Waals surface area contributed by atoms with Crippen molar-refractivity contribution in [2.45, 2.75) is 50.0 Å². The first-order valence-electron chi connectivity index (χ1n) is 10.4. The summed E-state index contributed by atoms with van der Waals surface area (Å²) in [5.74, 6) is -0.777. The molecule has 0 radical (unpaired) electrons. The summed E-state index contributed by atoms with van der Waals surface area (Å²) in [5, 5.41) is 0. The summed E-state index contributed by atoms with van der Waals surface area (Å²) in [6.45, 7) is 4.99. The van der Waals surface area contributed by atoms with E-state index in [1.165, 1.54) is 7.11 Å². The molecule has 0 saturated carbocycles. The van der Waals surface area contributed by atoms with Crippen molar-refractivity contribution in [2.24, 2.45) is 0 Å². The summed E-state index contributed by atoms with van der Waals surface area (Å²) in [5.41, 5.74) is 2.97. The molecule has 0 spiro atoms. The van der Waals surface area contributed by atoms with Gasteiger partial charge in [0.15, 0.2) is 4.21 Å². The number of esters is 1. The van der Waals surface area contributed by atoms with Gasteiger partial charge in [-0.1, -0.05) is 6.07 Å². The highest BCUT2D eigenvalue weighted by molar-refractivity contribution is 7.94. The molecule has 1 N–H and O–H groups in total. The summed E-state index contributed by atoms with van der Waals surface area (Å²) in [4.78, 5) is 27.7. The topological polar surface area (TPSA) is 102 Å². The van der Waals surface area contributed by atoms with Crippen molar-refractivity contribution in [2.75, 3.05) is 25.0 Å². The highest BCUT2D eigenvalue weighted by Crippen LogP contribution is 2.38. The number of carbonyl (C=O) groups is 2. The van der Waals surface area contributed by atoms with Crippen LogP contribution in [0.4, 0.5) is 5.69 Å². The number of methoxy groups -OCH3 is 1. The number of anilines is 1. The predicted molar refractivity (Wildman–Crippen MR) is 120 cm³/mol. The molecule has 2 aliphatic heterocycles. The summed E-state index contributed by atoms with van der Waals surface area (Å²) in [6.07, 6.45) is 1.49. The number of nitrogens with zero attached hydrogens (tertiary/aromatic N) is 1. The van der Waals surface area contributed by atoms with Crippen molar-refractivity contribution in [1.82, 2.24) is 4.90 Å². The van der Waals surface area contributed by atoms with Crippen LogP contribution in [0, 0.1) is 13.8 Å². The van der Waals surface area contributed by atoms with Crippen LogP contribution in [-0.2, 0) is 37.3 Å². The number of amides is 1. The van der Waals surface area contributed by atoms with E-state index < -0.39 is 22.1 Å². The summed E-state index contributed by atoms with van der Waals surface area (Å²) in [6, 6.07) is 5.41. The van der Waals surface area contributed by atoms with Gasteiger partial charge in [0.1, 0.15) is 6.10 Å². The molecule has 0 unspecified atom stereocenters. The monoisotopic (exact) mass is 478 g/mol. The molecule has 10 heteroatoms. The number of rotatable bonds is 5. The number of nitrogens with one attached hydrogen (secondary N) is 1. The van der Waals surface area contributed by atoms with E-state index in [9.17, 15) is 18.0 Å². The zero-order chi connectivity index (χ0) is 23.0. The van der Waals surface area contributed by atoms with Crippen molar-refractivity contribution < 1.29 is 27.5 Å². The Labute approximate surface area is 191 Å². The molecule has 4 rings (SSSR count). The second-order valence-corrected chi connectivity index (χ2v) is 11.1. The van der Waals surface area contributed by atoms with E-state index in [1.54, 1.807) is 17.0 Å². The maximum atomic E-state index is 13.3. The van der Waals surface area contributed by atoms with Crippen LogP contribution in [0.5, 0.6) is 0 Å². The number of fused-ring (bicyclic) bond motifs is 1. The van der Waals surface area contributed by atoms with Gasteiger partial charge in [-0.3, -0.25) is 9.52 Å². The number of ether oxygens (including phenoxy) is 2. The maximum absolute atomic E-state index is 13.3. The molecule has 1 atom stereocenters. The number of sulfonamides is 1. The van der Waals surface area contributed by atoms with Crippen molar-refractivity contribution >= 4 is 38.9 Å². The molecule has 1 saturated heterocycles. The molecule has 172 valence electrons.